The standard InChI is InChI=1S/C7H14NO/c1-8-5-7-3-2-4-9-6-7/h7-8H,1-6H2. The van der Waals surface area contributed by atoms with Gasteiger partial charge in [-0.3, -0.25) is 0 Å². The summed E-state index contributed by atoms with van der Waals surface area (Å²) in [7, 11) is 3.57. The van der Waals surface area contributed by atoms with Crippen molar-refractivity contribution in [2.45, 2.75) is 12.8 Å². The lowest BCUT2D eigenvalue weighted by molar-refractivity contribution is 0.0560. The van der Waals surface area contributed by atoms with E-state index in [2.05, 4.69) is 12.4 Å². The largest absolute Gasteiger partial charge is 0.381 e. The van der Waals surface area contributed by atoms with E-state index in [4.69, 9.17) is 4.74 Å². The van der Waals surface area contributed by atoms with Gasteiger partial charge in [-0.2, -0.15) is 0 Å². The van der Waals surface area contributed by atoms with Gasteiger partial charge >= 0.3 is 0 Å². The fourth-order valence-electron chi connectivity index (χ4n) is 1.17. The van der Waals surface area contributed by atoms with Gasteiger partial charge in [0, 0.05) is 20.2 Å². The average molecular weight is 128 g/mol. The van der Waals surface area contributed by atoms with Crippen molar-refractivity contribution in [3.63, 3.8) is 0 Å². The molecule has 2 nitrogen and oxygen atoms in total. The molecule has 1 aliphatic heterocycles. The van der Waals surface area contributed by atoms with E-state index in [-0.39, 0.29) is 0 Å². The van der Waals surface area contributed by atoms with Crippen LogP contribution in [0.2, 0.25) is 0 Å². The molecule has 0 aromatic carbocycles. The summed E-state index contributed by atoms with van der Waals surface area (Å²) in [5, 5.41) is 2.91. The van der Waals surface area contributed by atoms with E-state index >= 15 is 0 Å². The zero-order chi connectivity index (χ0) is 6.53. The van der Waals surface area contributed by atoms with Gasteiger partial charge in [0.05, 0.1) is 6.61 Å². The van der Waals surface area contributed by atoms with Gasteiger partial charge in [-0.1, -0.05) is 0 Å². The Morgan fingerprint density at radius 3 is 3.11 bits per heavy atom. The van der Waals surface area contributed by atoms with Gasteiger partial charge in [-0.25, -0.2) is 0 Å². The van der Waals surface area contributed by atoms with Crippen molar-refractivity contribution in [1.29, 1.82) is 0 Å². The minimum Gasteiger partial charge on any atom is -0.381 e. The molecule has 1 radical (unpaired) electrons. The summed E-state index contributed by atoms with van der Waals surface area (Å²) in [6.45, 7) is 2.87. The summed E-state index contributed by atoms with van der Waals surface area (Å²) >= 11 is 0. The van der Waals surface area contributed by atoms with E-state index in [1.165, 1.54) is 12.8 Å². The lowest BCUT2D eigenvalue weighted by atomic mass is 10.0. The number of hydrogen-bond acceptors (Lipinski definition) is 2. The molecule has 9 heavy (non-hydrogen) atoms. The Labute approximate surface area is 56.6 Å². The van der Waals surface area contributed by atoms with Gasteiger partial charge in [-0.15, -0.1) is 0 Å². The Kier molecular flexibility index (Phi) is 3.01. The predicted molar refractivity (Wildman–Crippen MR) is 36.9 cm³/mol. The minimum atomic E-state index is 0.705. The van der Waals surface area contributed by atoms with E-state index in [1.807, 2.05) is 0 Å². The van der Waals surface area contributed by atoms with Gasteiger partial charge in [0.25, 0.3) is 0 Å². The molecule has 0 saturated carbocycles. The van der Waals surface area contributed by atoms with E-state index in [1.54, 1.807) is 0 Å². The van der Waals surface area contributed by atoms with Crippen LogP contribution in [0.4, 0.5) is 0 Å². The molecule has 0 aromatic rings. The summed E-state index contributed by atoms with van der Waals surface area (Å²) in [4.78, 5) is 0. The van der Waals surface area contributed by atoms with Crippen molar-refractivity contribution in [2.75, 3.05) is 19.8 Å². The smallest absolute Gasteiger partial charge is 0.0506 e. The van der Waals surface area contributed by atoms with Crippen LogP contribution in [0.25, 0.3) is 0 Å². The van der Waals surface area contributed by atoms with Crippen LogP contribution in [0.3, 0.4) is 0 Å². The third kappa shape index (κ3) is 2.33. The molecule has 1 fully saturated rings. The van der Waals surface area contributed by atoms with Gasteiger partial charge in [0.15, 0.2) is 0 Å². The maximum Gasteiger partial charge on any atom is 0.0506 e. The second kappa shape index (κ2) is 3.85. The molecule has 0 aliphatic carbocycles. The lowest BCUT2D eigenvalue weighted by Crippen LogP contribution is -2.25. The molecule has 1 unspecified atom stereocenters. The molecular weight excluding hydrogens is 114 g/mol. The number of nitrogens with one attached hydrogen (secondary N) is 1. The molecule has 1 saturated heterocycles. The van der Waals surface area contributed by atoms with Crippen LogP contribution in [-0.4, -0.2) is 19.8 Å². The molecule has 0 amide bonds. The van der Waals surface area contributed by atoms with Crippen LogP contribution >= 0.6 is 0 Å². The average Bonchev–Trinajstić information content (AvgIpc) is 1.91. The molecule has 1 heterocycles. The molecule has 53 valence electrons. The van der Waals surface area contributed by atoms with Crippen LogP contribution in [0.1, 0.15) is 12.8 Å². The van der Waals surface area contributed by atoms with Gasteiger partial charge < -0.3 is 10.1 Å². The first kappa shape index (κ1) is 7.03. The molecule has 2 heteroatoms. The third-order valence-electron chi connectivity index (χ3n) is 1.69. The molecule has 1 aliphatic rings. The number of ether oxygens (including phenoxy) is 1. The van der Waals surface area contributed by atoms with E-state index < -0.39 is 0 Å². The Morgan fingerprint density at radius 1 is 1.67 bits per heavy atom. The normalized spacial score (nSPS) is 28.3. The van der Waals surface area contributed by atoms with Crippen LogP contribution < -0.4 is 5.32 Å². The molecule has 1 N–H and O–H groups in total. The van der Waals surface area contributed by atoms with Crippen LogP contribution in [0, 0.1) is 13.0 Å². The highest BCUT2D eigenvalue weighted by Gasteiger charge is 2.11. The molecule has 1 atom stereocenters. The van der Waals surface area contributed by atoms with Crippen LogP contribution in [0.15, 0.2) is 0 Å². The Morgan fingerprint density at radius 2 is 2.56 bits per heavy atom. The second-order valence-electron chi connectivity index (χ2n) is 2.54. The Hall–Kier alpha value is -0.0800. The molecule has 1 rings (SSSR count). The van der Waals surface area contributed by atoms with Crippen molar-refractivity contribution in [2.24, 2.45) is 5.92 Å². The van der Waals surface area contributed by atoms with Crippen molar-refractivity contribution in [1.82, 2.24) is 5.32 Å². The first-order chi connectivity index (χ1) is 4.43. The van der Waals surface area contributed by atoms with Crippen molar-refractivity contribution >= 4 is 0 Å². The van der Waals surface area contributed by atoms with Crippen molar-refractivity contribution in [3.05, 3.63) is 7.05 Å². The first-order valence-corrected chi connectivity index (χ1v) is 3.51. The molecule has 0 bridgehead atoms. The second-order valence-corrected chi connectivity index (χ2v) is 2.54. The maximum atomic E-state index is 5.27. The zero-order valence-corrected chi connectivity index (χ0v) is 5.73. The highest BCUT2D eigenvalue weighted by atomic mass is 16.5. The number of rotatable bonds is 2. The van der Waals surface area contributed by atoms with E-state index in [9.17, 15) is 0 Å². The summed E-state index contributed by atoms with van der Waals surface area (Å²) < 4.78 is 5.27. The third-order valence-corrected chi connectivity index (χ3v) is 1.69. The summed E-state index contributed by atoms with van der Waals surface area (Å²) in [6, 6.07) is 0. The SMILES string of the molecule is [CH2]NCC1CCCOC1. The predicted octanol–water partition coefficient (Wildman–Crippen LogP) is 0.794. The molecule has 0 spiro atoms. The minimum absolute atomic E-state index is 0.705. The van der Waals surface area contributed by atoms with Gasteiger partial charge in [0.1, 0.15) is 0 Å². The van der Waals surface area contributed by atoms with Crippen molar-refractivity contribution < 1.29 is 4.74 Å². The summed E-state index contributed by atoms with van der Waals surface area (Å²) in [5.74, 6) is 0.705. The Balaban J connectivity index is 2.08. The monoisotopic (exact) mass is 128 g/mol. The lowest BCUT2D eigenvalue weighted by Gasteiger charge is -2.21. The first-order valence-electron chi connectivity index (χ1n) is 3.51. The van der Waals surface area contributed by atoms with Gasteiger partial charge in [-0.05, 0) is 18.8 Å². The van der Waals surface area contributed by atoms with Crippen molar-refractivity contribution in [3.8, 4) is 0 Å². The fraction of sp³-hybridized carbons (Fsp3) is 0.857. The fourth-order valence-corrected chi connectivity index (χ4v) is 1.17. The Bertz CT molecular complexity index is 66.6. The molecular formula is C7H14NO. The van der Waals surface area contributed by atoms with E-state index in [0.717, 1.165) is 19.8 Å². The number of hydrogen-bond donors (Lipinski definition) is 1. The highest BCUT2D eigenvalue weighted by Crippen LogP contribution is 2.11. The maximum absolute atomic E-state index is 5.27. The van der Waals surface area contributed by atoms with E-state index in [0.29, 0.717) is 5.92 Å². The molecule has 0 aromatic heterocycles. The zero-order valence-electron chi connectivity index (χ0n) is 5.73. The van der Waals surface area contributed by atoms with Crippen LogP contribution in [-0.2, 0) is 4.74 Å². The topological polar surface area (TPSA) is 21.3 Å². The summed E-state index contributed by atoms with van der Waals surface area (Å²) in [6.07, 6.45) is 2.51. The quantitative estimate of drug-likeness (QED) is 0.593. The highest BCUT2D eigenvalue weighted by molar-refractivity contribution is 4.64. The van der Waals surface area contributed by atoms with Crippen LogP contribution in [0.5, 0.6) is 0 Å². The van der Waals surface area contributed by atoms with Gasteiger partial charge in [0.2, 0.25) is 0 Å². The summed E-state index contributed by atoms with van der Waals surface area (Å²) in [5.41, 5.74) is 0.